The molecule has 2 bridgehead atoms. The molecule has 0 amide bonds. The predicted octanol–water partition coefficient (Wildman–Crippen LogP) is 0.385. The quantitative estimate of drug-likeness (QED) is 0.508. The summed E-state index contributed by atoms with van der Waals surface area (Å²) in [4.78, 5) is 0. The fourth-order valence-electron chi connectivity index (χ4n) is 1.72. The molecule has 0 aromatic carbocycles. The third-order valence-electron chi connectivity index (χ3n) is 2.30. The summed E-state index contributed by atoms with van der Waals surface area (Å²) in [6, 6.07) is 0.678. The highest BCUT2D eigenvalue weighted by Gasteiger charge is 2.26. The van der Waals surface area contributed by atoms with Gasteiger partial charge in [0.2, 0.25) is 0 Å². The molecule has 0 aromatic rings. The van der Waals surface area contributed by atoms with E-state index in [1.807, 2.05) is 0 Å². The van der Waals surface area contributed by atoms with Crippen LogP contribution in [0.1, 0.15) is 12.8 Å². The van der Waals surface area contributed by atoms with Crippen LogP contribution < -0.4 is 5.32 Å². The fourth-order valence-corrected chi connectivity index (χ4v) is 1.72. The number of fused-ring (bicyclic) bond motifs is 2. The average molecular weight is 127 g/mol. The van der Waals surface area contributed by atoms with Crippen molar-refractivity contribution in [1.29, 1.82) is 0 Å². The van der Waals surface area contributed by atoms with Gasteiger partial charge in [-0.2, -0.15) is 0 Å². The van der Waals surface area contributed by atoms with E-state index in [1.54, 1.807) is 0 Å². The Balaban J connectivity index is 1.99. The van der Waals surface area contributed by atoms with Gasteiger partial charge in [0.1, 0.15) is 0 Å². The summed E-state index contributed by atoms with van der Waals surface area (Å²) in [5, 5.41) is 3.43. The van der Waals surface area contributed by atoms with Gasteiger partial charge in [-0.05, 0) is 25.3 Å². The minimum Gasteiger partial charge on any atom is -0.380 e. The highest BCUT2D eigenvalue weighted by molar-refractivity contribution is 4.83. The van der Waals surface area contributed by atoms with Gasteiger partial charge < -0.3 is 10.1 Å². The van der Waals surface area contributed by atoms with Gasteiger partial charge in [-0.15, -0.1) is 0 Å². The second-order valence-electron chi connectivity index (χ2n) is 3.07. The lowest BCUT2D eigenvalue weighted by atomic mass is 10.0. The summed E-state index contributed by atoms with van der Waals surface area (Å²) in [6.45, 7) is 3.16. The van der Waals surface area contributed by atoms with E-state index >= 15 is 0 Å². The highest BCUT2D eigenvalue weighted by atomic mass is 16.5. The third kappa shape index (κ3) is 1.10. The van der Waals surface area contributed by atoms with Gasteiger partial charge in [0.25, 0.3) is 0 Å². The summed E-state index contributed by atoms with van der Waals surface area (Å²) < 4.78 is 5.37. The topological polar surface area (TPSA) is 21.3 Å². The highest BCUT2D eigenvalue weighted by Crippen LogP contribution is 2.20. The van der Waals surface area contributed by atoms with Crippen molar-refractivity contribution in [3.05, 3.63) is 0 Å². The maximum absolute atomic E-state index is 5.37. The van der Waals surface area contributed by atoms with Crippen LogP contribution >= 0.6 is 0 Å². The number of hydrogen-bond donors (Lipinski definition) is 1. The van der Waals surface area contributed by atoms with Crippen LogP contribution in [0.2, 0.25) is 0 Å². The molecule has 2 saturated heterocycles. The van der Waals surface area contributed by atoms with Crippen LogP contribution in [-0.4, -0.2) is 25.8 Å². The Bertz CT molecular complexity index is 93.1. The van der Waals surface area contributed by atoms with E-state index in [1.165, 1.54) is 19.4 Å². The van der Waals surface area contributed by atoms with Gasteiger partial charge in [0.15, 0.2) is 0 Å². The molecule has 0 spiro atoms. The van der Waals surface area contributed by atoms with Crippen LogP contribution in [0.25, 0.3) is 0 Å². The first-order valence-corrected chi connectivity index (χ1v) is 3.76. The second kappa shape index (κ2) is 2.27. The molecule has 2 nitrogen and oxygen atoms in total. The molecule has 2 rings (SSSR count). The molecule has 0 aromatic heterocycles. The zero-order chi connectivity index (χ0) is 6.10. The van der Waals surface area contributed by atoms with Crippen LogP contribution in [0, 0.1) is 5.92 Å². The molecule has 1 N–H and O–H groups in total. The Hall–Kier alpha value is -0.0800. The molecule has 2 fully saturated rings. The molecular weight excluding hydrogens is 114 g/mol. The largest absolute Gasteiger partial charge is 0.380 e. The molecule has 2 heteroatoms. The Morgan fingerprint density at radius 2 is 2.44 bits per heavy atom. The minimum atomic E-state index is 0.678. The first-order valence-electron chi connectivity index (χ1n) is 3.76. The first-order chi connectivity index (χ1) is 4.45. The molecule has 2 aliphatic heterocycles. The fraction of sp³-hybridized carbons (Fsp3) is 1.00. The minimum absolute atomic E-state index is 0.678. The van der Waals surface area contributed by atoms with E-state index in [-0.39, 0.29) is 0 Å². The molecule has 0 radical (unpaired) electrons. The number of ether oxygens (including phenoxy) is 1. The molecular formula is C7H13NO. The molecule has 2 aliphatic rings. The van der Waals surface area contributed by atoms with Gasteiger partial charge in [-0.3, -0.25) is 0 Å². The molecule has 2 atom stereocenters. The maximum atomic E-state index is 5.37. The number of rotatable bonds is 0. The van der Waals surface area contributed by atoms with Crippen molar-refractivity contribution in [1.82, 2.24) is 5.32 Å². The normalized spacial score (nSPS) is 42.7. The molecule has 2 unspecified atom stereocenters. The van der Waals surface area contributed by atoms with E-state index in [9.17, 15) is 0 Å². The van der Waals surface area contributed by atoms with Crippen LogP contribution in [0.5, 0.6) is 0 Å². The Labute approximate surface area is 55.6 Å². The maximum Gasteiger partial charge on any atom is 0.0619 e. The lowest BCUT2D eigenvalue weighted by Crippen LogP contribution is -2.27. The van der Waals surface area contributed by atoms with E-state index in [4.69, 9.17) is 4.74 Å². The lowest BCUT2D eigenvalue weighted by molar-refractivity contribution is 0.118. The predicted molar refractivity (Wildman–Crippen MR) is 35.3 cm³/mol. The molecule has 0 aliphatic carbocycles. The van der Waals surface area contributed by atoms with Gasteiger partial charge in [0, 0.05) is 12.6 Å². The number of nitrogens with one attached hydrogen (secondary N) is 1. The van der Waals surface area contributed by atoms with Crippen molar-refractivity contribution < 1.29 is 4.74 Å². The smallest absolute Gasteiger partial charge is 0.0619 e. The molecule has 52 valence electrons. The van der Waals surface area contributed by atoms with Gasteiger partial charge in [-0.1, -0.05) is 0 Å². The van der Waals surface area contributed by atoms with E-state index in [0.717, 1.165) is 19.1 Å². The van der Waals surface area contributed by atoms with E-state index in [0.29, 0.717) is 6.04 Å². The van der Waals surface area contributed by atoms with Gasteiger partial charge in [-0.25, -0.2) is 0 Å². The first kappa shape index (κ1) is 5.69. The standard InChI is InChI=1S/C7H13NO/c1-2-9-5-7-3-6(1)4-8-7/h6-8H,1-5H2. The van der Waals surface area contributed by atoms with Crippen molar-refractivity contribution in [2.75, 3.05) is 19.8 Å². The van der Waals surface area contributed by atoms with Gasteiger partial charge in [0.05, 0.1) is 6.61 Å². The SMILES string of the molecule is C1CC2CNC(CO1)C2. The Kier molecular flexibility index (Phi) is 1.44. The zero-order valence-corrected chi connectivity index (χ0v) is 5.60. The zero-order valence-electron chi connectivity index (χ0n) is 5.60. The van der Waals surface area contributed by atoms with Crippen molar-refractivity contribution in [2.24, 2.45) is 5.92 Å². The monoisotopic (exact) mass is 127 g/mol. The van der Waals surface area contributed by atoms with Crippen LogP contribution in [0.15, 0.2) is 0 Å². The second-order valence-corrected chi connectivity index (χ2v) is 3.07. The summed E-state index contributed by atoms with van der Waals surface area (Å²) in [5.41, 5.74) is 0. The average Bonchev–Trinajstić information content (AvgIpc) is 2.09. The number of hydrogen-bond acceptors (Lipinski definition) is 2. The van der Waals surface area contributed by atoms with Crippen molar-refractivity contribution in [3.63, 3.8) is 0 Å². The van der Waals surface area contributed by atoms with Crippen LogP contribution in [0.3, 0.4) is 0 Å². The molecule has 2 heterocycles. The van der Waals surface area contributed by atoms with Crippen molar-refractivity contribution in [3.8, 4) is 0 Å². The lowest BCUT2D eigenvalue weighted by Gasteiger charge is -2.09. The van der Waals surface area contributed by atoms with Crippen molar-refractivity contribution in [2.45, 2.75) is 18.9 Å². The van der Waals surface area contributed by atoms with Crippen molar-refractivity contribution >= 4 is 0 Å². The Morgan fingerprint density at radius 1 is 1.44 bits per heavy atom. The Morgan fingerprint density at radius 3 is 3.44 bits per heavy atom. The molecule has 0 saturated carbocycles. The van der Waals surface area contributed by atoms with Crippen LogP contribution in [-0.2, 0) is 4.74 Å². The molecule has 9 heavy (non-hydrogen) atoms. The summed E-state index contributed by atoms with van der Waals surface area (Å²) in [7, 11) is 0. The summed E-state index contributed by atoms with van der Waals surface area (Å²) in [5.74, 6) is 0.914. The van der Waals surface area contributed by atoms with E-state index in [2.05, 4.69) is 5.32 Å². The van der Waals surface area contributed by atoms with Gasteiger partial charge >= 0.3 is 0 Å². The van der Waals surface area contributed by atoms with Crippen LogP contribution in [0.4, 0.5) is 0 Å². The summed E-state index contributed by atoms with van der Waals surface area (Å²) in [6.07, 6.45) is 2.61. The third-order valence-corrected chi connectivity index (χ3v) is 2.30. The van der Waals surface area contributed by atoms with E-state index < -0.39 is 0 Å². The summed E-state index contributed by atoms with van der Waals surface area (Å²) >= 11 is 0.